The molecular formula is C12H23Br. The highest BCUT2D eigenvalue weighted by molar-refractivity contribution is 9.09. The van der Waals surface area contributed by atoms with Crippen LogP contribution in [0, 0.1) is 17.3 Å². The number of hydrogen-bond acceptors (Lipinski definition) is 0. The molecule has 0 atom stereocenters. The van der Waals surface area contributed by atoms with E-state index in [9.17, 15) is 0 Å². The third kappa shape index (κ3) is 3.61. The lowest BCUT2D eigenvalue weighted by molar-refractivity contribution is 0.149. The highest BCUT2D eigenvalue weighted by Crippen LogP contribution is 2.40. The van der Waals surface area contributed by atoms with Crippen molar-refractivity contribution in [2.24, 2.45) is 17.3 Å². The number of rotatable bonds is 2. The SMILES string of the molecule is CC(C)(C)C1CCC(CCBr)CC1. The van der Waals surface area contributed by atoms with Crippen molar-refractivity contribution in [2.75, 3.05) is 5.33 Å². The molecule has 13 heavy (non-hydrogen) atoms. The summed E-state index contributed by atoms with van der Waals surface area (Å²) in [6, 6.07) is 0. The maximum atomic E-state index is 3.54. The summed E-state index contributed by atoms with van der Waals surface area (Å²) in [6.45, 7) is 7.17. The quantitative estimate of drug-likeness (QED) is 0.624. The van der Waals surface area contributed by atoms with E-state index in [1.165, 1.54) is 37.4 Å². The molecule has 0 aromatic heterocycles. The van der Waals surface area contributed by atoms with Gasteiger partial charge in [-0.3, -0.25) is 0 Å². The van der Waals surface area contributed by atoms with Crippen LogP contribution in [0.3, 0.4) is 0 Å². The predicted octanol–water partition coefficient (Wildman–Crippen LogP) is 4.62. The molecule has 0 saturated heterocycles. The molecule has 0 aliphatic heterocycles. The van der Waals surface area contributed by atoms with Gasteiger partial charge in [-0.2, -0.15) is 0 Å². The molecule has 1 rings (SSSR count). The van der Waals surface area contributed by atoms with Crippen molar-refractivity contribution >= 4 is 15.9 Å². The van der Waals surface area contributed by atoms with Gasteiger partial charge in [0.1, 0.15) is 0 Å². The average Bonchev–Trinajstić information content (AvgIpc) is 2.04. The second-order valence-corrected chi connectivity index (χ2v) is 6.35. The minimum absolute atomic E-state index is 0.541. The third-order valence-corrected chi connectivity index (χ3v) is 4.05. The fourth-order valence-electron chi connectivity index (χ4n) is 2.47. The van der Waals surface area contributed by atoms with Gasteiger partial charge in [0.25, 0.3) is 0 Å². The van der Waals surface area contributed by atoms with E-state index in [1.807, 2.05) is 0 Å². The molecule has 0 radical (unpaired) electrons. The highest BCUT2D eigenvalue weighted by atomic mass is 79.9. The zero-order valence-corrected chi connectivity index (χ0v) is 10.9. The van der Waals surface area contributed by atoms with Crippen molar-refractivity contribution in [3.05, 3.63) is 0 Å². The molecule has 0 heterocycles. The van der Waals surface area contributed by atoms with Gasteiger partial charge in [0.2, 0.25) is 0 Å². The number of hydrogen-bond donors (Lipinski definition) is 0. The Morgan fingerprint density at radius 1 is 1.08 bits per heavy atom. The van der Waals surface area contributed by atoms with E-state index in [1.54, 1.807) is 0 Å². The van der Waals surface area contributed by atoms with E-state index in [0.29, 0.717) is 5.41 Å². The van der Waals surface area contributed by atoms with Crippen LogP contribution in [0.25, 0.3) is 0 Å². The Bertz CT molecular complexity index is 138. The molecular weight excluding hydrogens is 224 g/mol. The smallest absolute Gasteiger partial charge is 0.00339 e. The third-order valence-electron chi connectivity index (χ3n) is 3.59. The van der Waals surface area contributed by atoms with Crippen LogP contribution in [0.1, 0.15) is 52.9 Å². The van der Waals surface area contributed by atoms with E-state index >= 15 is 0 Å². The van der Waals surface area contributed by atoms with Crippen LogP contribution in [-0.4, -0.2) is 5.33 Å². The molecule has 78 valence electrons. The zero-order chi connectivity index (χ0) is 9.90. The van der Waals surface area contributed by atoms with Gasteiger partial charge in [0.15, 0.2) is 0 Å². The van der Waals surface area contributed by atoms with E-state index in [0.717, 1.165) is 11.8 Å². The van der Waals surface area contributed by atoms with Gasteiger partial charge in [0.05, 0.1) is 0 Å². The summed E-state index contributed by atoms with van der Waals surface area (Å²) in [5.74, 6) is 1.98. The van der Waals surface area contributed by atoms with Crippen molar-refractivity contribution in [3.8, 4) is 0 Å². The lowest BCUT2D eigenvalue weighted by Gasteiger charge is -2.36. The van der Waals surface area contributed by atoms with Gasteiger partial charge < -0.3 is 0 Å². The highest BCUT2D eigenvalue weighted by Gasteiger charge is 2.29. The van der Waals surface area contributed by atoms with E-state index < -0.39 is 0 Å². The standard InChI is InChI=1S/C12H23Br/c1-12(2,3)11-6-4-10(5-7-11)8-9-13/h10-11H,4-9H2,1-3H3. The van der Waals surface area contributed by atoms with Gasteiger partial charge in [-0.05, 0) is 36.5 Å². The van der Waals surface area contributed by atoms with Crippen molar-refractivity contribution in [3.63, 3.8) is 0 Å². The Morgan fingerprint density at radius 2 is 1.62 bits per heavy atom. The molecule has 0 nitrogen and oxygen atoms in total. The summed E-state index contributed by atoms with van der Waals surface area (Å²) in [7, 11) is 0. The fraction of sp³-hybridized carbons (Fsp3) is 1.00. The van der Waals surface area contributed by atoms with Gasteiger partial charge in [-0.25, -0.2) is 0 Å². The first-order valence-corrected chi connectivity index (χ1v) is 6.72. The van der Waals surface area contributed by atoms with Gasteiger partial charge in [-0.1, -0.05) is 49.5 Å². The molecule has 1 saturated carbocycles. The van der Waals surface area contributed by atoms with E-state index in [2.05, 4.69) is 36.7 Å². The Morgan fingerprint density at radius 3 is 2.00 bits per heavy atom. The fourth-order valence-corrected chi connectivity index (χ4v) is 3.12. The van der Waals surface area contributed by atoms with Crippen LogP contribution in [0.15, 0.2) is 0 Å². The molecule has 0 amide bonds. The zero-order valence-electron chi connectivity index (χ0n) is 9.28. The maximum absolute atomic E-state index is 3.54. The summed E-state index contributed by atoms with van der Waals surface area (Å²) in [5.41, 5.74) is 0.541. The van der Waals surface area contributed by atoms with Gasteiger partial charge in [0, 0.05) is 5.33 Å². The van der Waals surface area contributed by atoms with Crippen molar-refractivity contribution in [1.29, 1.82) is 0 Å². The van der Waals surface area contributed by atoms with Crippen LogP contribution < -0.4 is 0 Å². The van der Waals surface area contributed by atoms with Gasteiger partial charge in [-0.15, -0.1) is 0 Å². The van der Waals surface area contributed by atoms with Gasteiger partial charge >= 0.3 is 0 Å². The first-order valence-electron chi connectivity index (χ1n) is 5.60. The first kappa shape index (κ1) is 11.6. The Hall–Kier alpha value is 0.480. The topological polar surface area (TPSA) is 0 Å². The van der Waals surface area contributed by atoms with Crippen LogP contribution in [-0.2, 0) is 0 Å². The summed E-state index contributed by atoms with van der Waals surface area (Å²) >= 11 is 3.54. The predicted molar refractivity (Wildman–Crippen MR) is 63.3 cm³/mol. The minimum Gasteiger partial charge on any atom is -0.0928 e. The summed E-state index contributed by atoms with van der Waals surface area (Å²) in [4.78, 5) is 0. The second kappa shape index (κ2) is 4.82. The molecule has 0 bridgehead atoms. The molecule has 0 N–H and O–H groups in total. The average molecular weight is 247 g/mol. The van der Waals surface area contributed by atoms with E-state index in [-0.39, 0.29) is 0 Å². The monoisotopic (exact) mass is 246 g/mol. The Balaban J connectivity index is 2.30. The summed E-state index contributed by atoms with van der Waals surface area (Å²) < 4.78 is 0. The molecule has 0 spiro atoms. The Labute approximate surface area is 91.6 Å². The lowest BCUT2D eigenvalue weighted by atomic mass is 9.69. The molecule has 1 aliphatic carbocycles. The Kier molecular flexibility index (Phi) is 4.28. The van der Waals surface area contributed by atoms with Crippen molar-refractivity contribution in [1.82, 2.24) is 0 Å². The largest absolute Gasteiger partial charge is 0.0928 e. The second-order valence-electron chi connectivity index (χ2n) is 5.56. The minimum atomic E-state index is 0.541. The molecule has 0 unspecified atom stereocenters. The molecule has 0 aromatic carbocycles. The number of halogens is 1. The maximum Gasteiger partial charge on any atom is 0.00339 e. The molecule has 1 aliphatic rings. The molecule has 1 fully saturated rings. The van der Waals surface area contributed by atoms with E-state index in [4.69, 9.17) is 0 Å². The normalized spacial score (nSPS) is 30.5. The summed E-state index contributed by atoms with van der Waals surface area (Å²) in [6.07, 6.45) is 7.24. The van der Waals surface area contributed by atoms with Crippen LogP contribution in [0.4, 0.5) is 0 Å². The van der Waals surface area contributed by atoms with Crippen molar-refractivity contribution < 1.29 is 0 Å². The molecule has 1 heteroatoms. The first-order chi connectivity index (χ1) is 6.04. The lowest BCUT2D eigenvalue weighted by Crippen LogP contribution is -2.25. The molecule has 0 aromatic rings. The van der Waals surface area contributed by atoms with Crippen LogP contribution in [0.2, 0.25) is 0 Å². The van der Waals surface area contributed by atoms with Crippen LogP contribution >= 0.6 is 15.9 Å². The summed E-state index contributed by atoms with van der Waals surface area (Å²) in [5, 5.41) is 1.19. The van der Waals surface area contributed by atoms with Crippen LogP contribution in [0.5, 0.6) is 0 Å². The van der Waals surface area contributed by atoms with Crippen molar-refractivity contribution in [2.45, 2.75) is 52.9 Å². The number of alkyl halides is 1.